The Labute approximate surface area is 166 Å². The van der Waals surface area contributed by atoms with Gasteiger partial charge in [0.15, 0.2) is 0 Å². The minimum absolute atomic E-state index is 0.0550. The lowest BCUT2D eigenvalue weighted by atomic mass is 10.1. The molecule has 7 heteroatoms. The van der Waals surface area contributed by atoms with Crippen LogP contribution in [0.2, 0.25) is 5.02 Å². The molecule has 0 saturated carbocycles. The minimum Gasteiger partial charge on any atom is -0.347 e. The zero-order valence-corrected chi connectivity index (χ0v) is 15.6. The van der Waals surface area contributed by atoms with E-state index in [0.29, 0.717) is 23.8 Å². The number of benzene rings is 2. The molecule has 0 bridgehead atoms. The number of carbonyl (C=O) groups excluding carboxylic acids is 1. The van der Waals surface area contributed by atoms with Gasteiger partial charge in [0.05, 0.1) is 0 Å². The van der Waals surface area contributed by atoms with Gasteiger partial charge in [0.2, 0.25) is 5.82 Å². The van der Waals surface area contributed by atoms with E-state index in [9.17, 15) is 4.79 Å². The summed E-state index contributed by atoms with van der Waals surface area (Å²) >= 11 is 5.87. The first kappa shape index (κ1) is 18.0. The number of hydrogen-bond donors (Lipinski definition) is 1. The van der Waals surface area contributed by atoms with Crippen molar-refractivity contribution in [2.75, 3.05) is 6.54 Å². The van der Waals surface area contributed by atoms with Gasteiger partial charge in [-0.05, 0) is 60.5 Å². The van der Waals surface area contributed by atoms with Crippen molar-refractivity contribution in [3.05, 3.63) is 89.5 Å². The third-order valence-corrected chi connectivity index (χ3v) is 4.51. The van der Waals surface area contributed by atoms with E-state index in [1.54, 1.807) is 0 Å². The monoisotopic (exact) mass is 392 g/mol. The highest BCUT2D eigenvalue weighted by atomic mass is 35.5. The molecule has 2 aromatic heterocycles. The average molecular weight is 393 g/mol. The number of halogens is 1. The number of nitrogens with zero attached hydrogens (tertiary/aromatic N) is 3. The summed E-state index contributed by atoms with van der Waals surface area (Å²) in [6, 6.07) is 19.1. The van der Waals surface area contributed by atoms with Crippen molar-refractivity contribution in [1.82, 2.24) is 20.0 Å². The normalized spacial score (nSPS) is 10.8. The Morgan fingerprint density at radius 1 is 1.04 bits per heavy atom. The summed E-state index contributed by atoms with van der Waals surface area (Å²) in [6.07, 6.45) is 4.62. The van der Waals surface area contributed by atoms with Crippen molar-refractivity contribution in [1.29, 1.82) is 0 Å². The molecule has 0 aliphatic heterocycles. The SMILES string of the molecule is O=C(NCCc1ccc(Cl)cc1)c1nc(-c2ccc(-n3cccc3)cc2)no1. The fourth-order valence-electron chi connectivity index (χ4n) is 2.77. The van der Waals surface area contributed by atoms with Gasteiger partial charge in [-0.1, -0.05) is 28.9 Å². The van der Waals surface area contributed by atoms with Crippen LogP contribution in [0.1, 0.15) is 16.2 Å². The maximum Gasteiger partial charge on any atom is 0.316 e. The Bertz CT molecular complexity index is 1050. The van der Waals surface area contributed by atoms with E-state index in [2.05, 4.69) is 15.5 Å². The van der Waals surface area contributed by atoms with Crippen molar-refractivity contribution in [3.63, 3.8) is 0 Å². The second-order valence-electron chi connectivity index (χ2n) is 6.19. The second-order valence-corrected chi connectivity index (χ2v) is 6.63. The summed E-state index contributed by atoms with van der Waals surface area (Å²) in [6.45, 7) is 0.462. The van der Waals surface area contributed by atoms with Gasteiger partial charge in [-0.15, -0.1) is 0 Å². The molecule has 0 saturated heterocycles. The van der Waals surface area contributed by atoms with Gasteiger partial charge in [-0.3, -0.25) is 4.79 Å². The molecule has 0 unspecified atom stereocenters. The fourth-order valence-corrected chi connectivity index (χ4v) is 2.90. The van der Waals surface area contributed by atoms with Crippen LogP contribution in [0.15, 0.2) is 77.6 Å². The van der Waals surface area contributed by atoms with Crippen molar-refractivity contribution in [2.45, 2.75) is 6.42 Å². The molecule has 0 aliphatic carbocycles. The molecule has 1 N–H and O–H groups in total. The third kappa shape index (κ3) is 4.13. The van der Waals surface area contributed by atoms with Crippen LogP contribution >= 0.6 is 11.6 Å². The molecule has 0 aliphatic rings. The van der Waals surface area contributed by atoms with Crippen LogP contribution in [-0.2, 0) is 6.42 Å². The summed E-state index contributed by atoms with van der Waals surface area (Å²) in [5.41, 5.74) is 2.89. The molecule has 2 heterocycles. The van der Waals surface area contributed by atoms with E-state index in [4.69, 9.17) is 16.1 Å². The number of aromatic nitrogens is 3. The molecule has 6 nitrogen and oxygen atoms in total. The maximum absolute atomic E-state index is 12.2. The summed E-state index contributed by atoms with van der Waals surface area (Å²) in [5, 5.41) is 7.38. The van der Waals surface area contributed by atoms with E-state index in [-0.39, 0.29) is 5.89 Å². The number of rotatable bonds is 6. The number of amides is 1. The molecule has 4 rings (SSSR count). The van der Waals surface area contributed by atoms with E-state index in [0.717, 1.165) is 16.8 Å². The van der Waals surface area contributed by atoms with Gasteiger partial charge in [0.25, 0.3) is 0 Å². The Morgan fingerprint density at radius 2 is 1.75 bits per heavy atom. The van der Waals surface area contributed by atoms with Crippen molar-refractivity contribution >= 4 is 17.5 Å². The van der Waals surface area contributed by atoms with Gasteiger partial charge in [-0.25, -0.2) is 0 Å². The highest BCUT2D eigenvalue weighted by molar-refractivity contribution is 6.30. The molecule has 4 aromatic rings. The molecule has 28 heavy (non-hydrogen) atoms. The molecule has 1 amide bonds. The molecule has 0 radical (unpaired) electrons. The lowest BCUT2D eigenvalue weighted by Crippen LogP contribution is -2.25. The van der Waals surface area contributed by atoms with Crippen LogP contribution in [0, 0.1) is 0 Å². The smallest absolute Gasteiger partial charge is 0.316 e. The van der Waals surface area contributed by atoms with Gasteiger partial charge < -0.3 is 14.4 Å². The van der Waals surface area contributed by atoms with E-state index in [1.807, 2.05) is 77.6 Å². The van der Waals surface area contributed by atoms with E-state index >= 15 is 0 Å². The summed E-state index contributed by atoms with van der Waals surface area (Å²) < 4.78 is 7.11. The Balaban J connectivity index is 1.36. The molecule has 2 aromatic carbocycles. The lowest BCUT2D eigenvalue weighted by Gasteiger charge is -2.03. The summed E-state index contributed by atoms with van der Waals surface area (Å²) in [4.78, 5) is 16.4. The molecule has 140 valence electrons. The quantitative estimate of drug-likeness (QED) is 0.535. The fraction of sp³-hybridized carbons (Fsp3) is 0.0952. The topological polar surface area (TPSA) is 73.0 Å². The molecule has 0 spiro atoms. The standard InChI is InChI=1S/C21H17ClN4O2/c22-17-7-3-15(4-8-17)11-12-23-20(27)21-24-19(25-28-21)16-5-9-18(10-6-16)26-13-1-2-14-26/h1-10,13-14H,11-12H2,(H,23,27). The van der Waals surface area contributed by atoms with Crippen LogP contribution in [0.5, 0.6) is 0 Å². The van der Waals surface area contributed by atoms with Crippen LogP contribution in [-0.4, -0.2) is 27.2 Å². The first-order valence-corrected chi connectivity index (χ1v) is 9.17. The molecular formula is C21H17ClN4O2. The number of nitrogens with one attached hydrogen (secondary N) is 1. The molecular weight excluding hydrogens is 376 g/mol. The number of carbonyl (C=O) groups is 1. The lowest BCUT2D eigenvalue weighted by molar-refractivity contribution is 0.0910. The zero-order chi connectivity index (χ0) is 19.3. The third-order valence-electron chi connectivity index (χ3n) is 4.26. The summed E-state index contributed by atoms with van der Waals surface area (Å²) in [7, 11) is 0. The van der Waals surface area contributed by atoms with Crippen LogP contribution in [0.3, 0.4) is 0 Å². The summed E-state index contributed by atoms with van der Waals surface area (Å²) in [5.74, 6) is -0.0702. The predicted octanol–water partition coefficient (Wildman–Crippen LogP) is 4.15. The van der Waals surface area contributed by atoms with Gasteiger partial charge in [0, 0.05) is 35.2 Å². The minimum atomic E-state index is -0.392. The zero-order valence-electron chi connectivity index (χ0n) is 14.9. The van der Waals surface area contributed by atoms with Gasteiger partial charge in [0.1, 0.15) is 0 Å². The van der Waals surface area contributed by atoms with Crippen LogP contribution < -0.4 is 5.32 Å². The highest BCUT2D eigenvalue weighted by Crippen LogP contribution is 2.18. The molecule has 0 fully saturated rings. The van der Waals surface area contributed by atoms with Crippen LogP contribution in [0.4, 0.5) is 0 Å². The van der Waals surface area contributed by atoms with E-state index in [1.165, 1.54) is 0 Å². The van der Waals surface area contributed by atoms with Crippen molar-refractivity contribution in [2.24, 2.45) is 0 Å². The Hall–Kier alpha value is -3.38. The maximum atomic E-state index is 12.2. The first-order valence-electron chi connectivity index (χ1n) is 8.79. The van der Waals surface area contributed by atoms with Gasteiger partial charge in [-0.2, -0.15) is 4.98 Å². The average Bonchev–Trinajstić information content (AvgIpc) is 3.42. The van der Waals surface area contributed by atoms with E-state index < -0.39 is 5.91 Å². The molecule has 0 atom stereocenters. The largest absolute Gasteiger partial charge is 0.347 e. The second kappa shape index (κ2) is 8.10. The first-order chi connectivity index (χ1) is 13.7. The highest BCUT2D eigenvalue weighted by Gasteiger charge is 2.15. The predicted molar refractivity (Wildman–Crippen MR) is 107 cm³/mol. The van der Waals surface area contributed by atoms with Crippen molar-refractivity contribution in [3.8, 4) is 17.1 Å². The number of hydrogen-bond acceptors (Lipinski definition) is 4. The van der Waals surface area contributed by atoms with Crippen molar-refractivity contribution < 1.29 is 9.32 Å². The Kier molecular flexibility index (Phi) is 5.21. The van der Waals surface area contributed by atoms with Crippen LogP contribution in [0.25, 0.3) is 17.1 Å². The van der Waals surface area contributed by atoms with Gasteiger partial charge >= 0.3 is 11.8 Å². The Morgan fingerprint density at radius 3 is 2.46 bits per heavy atom.